The summed E-state index contributed by atoms with van der Waals surface area (Å²) in [5.41, 5.74) is 0. The van der Waals surface area contributed by atoms with E-state index in [1.165, 1.54) is 20.7 Å². The van der Waals surface area contributed by atoms with Gasteiger partial charge in [-0.1, -0.05) is 12.8 Å². The van der Waals surface area contributed by atoms with E-state index < -0.39 is 7.60 Å². The van der Waals surface area contributed by atoms with Crippen LogP contribution in [0.25, 0.3) is 0 Å². The maximum atomic E-state index is 11.3. The number of hydrogen-bond acceptors (Lipinski definition) is 4. The number of carbonyl (C=O) groups is 1. The summed E-state index contributed by atoms with van der Waals surface area (Å²) in [5, 5.41) is 2.74. The number of nitrogens with one attached hydrogen (secondary N) is 1. The molecular formula is C10H22NO4P. The number of hydrogen-bond donors (Lipinski definition) is 1. The lowest BCUT2D eigenvalue weighted by molar-refractivity contribution is -0.118. The largest absolute Gasteiger partial charge is 0.356 e. The number of rotatable bonds is 9. The van der Waals surface area contributed by atoms with Gasteiger partial charge >= 0.3 is 7.60 Å². The van der Waals surface area contributed by atoms with Gasteiger partial charge in [-0.2, -0.15) is 0 Å². The Morgan fingerprint density at radius 2 is 1.88 bits per heavy atom. The van der Waals surface area contributed by atoms with E-state index in [1.807, 2.05) is 0 Å². The summed E-state index contributed by atoms with van der Waals surface area (Å²) in [5.74, 6) is 0.00958. The van der Waals surface area contributed by atoms with Crippen molar-refractivity contribution in [1.29, 1.82) is 0 Å². The van der Waals surface area contributed by atoms with Crippen LogP contribution in [0.4, 0.5) is 0 Å². The molecule has 1 atom stereocenters. The minimum atomic E-state index is -2.80. The van der Waals surface area contributed by atoms with Gasteiger partial charge in [0.05, 0.1) is 6.61 Å². The van der Waals surface area contributed by atoms with Gasteiger partial charge < -0.3 is 14.4 Å². The smallest absolute Gasteiger partial charge is 0.327 e. The zero-order chi connectivity index (χ0) is 12.4. The molecule has 6 heteroatoms. The van der Waals surface area contributed by atoms with Crippen molar-refractivity contribution in [2.45, 2.75) is 32.6 Å². The zero-order valence-electron chi connectivity index (χ0n) is 10.3. The fraction of sp³-hybridized carbons (Fsp3) is 0.900. The van der Waals surface area contributed by atoms with E-state index in [2.05, 4.69) is 5.32 Å². The minimum Gasteiger partial charge on any atom is -0.356 e. The molecule has 5 nitrogen and oxygen atoms in total. The Kier molecular flexibility index (Phi) is 8.53. The number of unbranched alkanes of at least 4 members (excludes halogenated alkanes) is 3. The molecule has 0 aromatic carbocycles. The van der Waals surface area contributed by atoms with Crippen molar-refractivity contribution in [2.24, 2.45) is 0 Å². The molecule has 0 fully saturated rings. The summed E-state index contributed by atoms with van der Waals surface area (Å²) in [4.78, 5) is 10.5. The number of amides is 1. The minimum absolute atomic E-state index is 0.00958. The molecule has 16 heavy (non-hydrogen) atoms. The topological polar surface area (TPSA) is 64.6 Å². The Labute approximate surface area is 97.4 Å². The van der Waals surface area contributed by atoms with Gasteiger partial charge in [0.2, 0.25) is 5.91 Å². The van der Waals surface area contributed by atoms with Crippen LogP contribution in [0.15, 0.2) is 0 Å². The van der Waals surface area contributed by atoms with Gasteiger partial charge in [0.1, 0.15) is 0 Å². The van der Waals surface area contributed by atoms with Crippen LogP contribution in [0, 0.1) is 0 Å². The van der Waals surface area contributed by atoms with Gasteiger partial charge in [0, 0.05) is 27.2 Å². The third-order valence-corrected chi connectivity index (χ3v) is 3.42. The Hall–Kier alpha value is -0.380. The van der Waals surface area contributed by atoms with Crippen LogP contribution in [0.3, 0.4) is 0 Å². The Bertz CT molecular complexity index is 245. The third-order valence-electron chi connectivity index (χ3n) is 2.10. The molecule has 0 radical (unpaired) electrons. The second kappa shape index (κ2) is 8.74. The van der Waals surface area contributed by atoms with Gasteiger partial charge in [-0.15, -0.1) is 0 Å². The van der Waals surface area contributed by atoms with Gasteiger partial charge in [0.25, 0.3) is 0 Å². The van der Waals surface area contributed by atoms with Gasteiger partial charge in [-0.05, 0) is 12.8 Å². The van der Waals surface area contributed by atoms with E-state index in [9.17, 15) is 9.36 Å². The molecule has 0 bridgehead atoms. The van der Waals surface area contributed by atoms with Gasteiger partial charge in [0.15, 0.2) is 0 Å². The highest BCUT2D eigenvalue weighted by Crippen LogP contribution is 2.42. The van der Waals surface area contributed by atoms with E-state index in [-0.39, 0.29) is 5.91 Å². The van der Waals surface area contributed by atoms with Crippen LogP contribution in [0.5, 0.6) is 0 Å². The number of carbonyl (C=O) groups excluding carboxylic acids is 1. The lowest BCUT2D eigenvalue weighted by Gasteiger charge is -2.10. The highest BCUT2D eigenvalue weighted by Gasteiger charge is 2.12. The second-order valence-electron chi connectivity index (χ2n) is 3.68. The maximum absolute atomic E-state index is 11.3. The summed E-state index contributed by atoms with van der Waals surface area (Å²) in [6.07, 6.45) is 3.86. The summed E-state index contributed by atoms with van der Waals surface area (Å²) in [6, 6.07) is 0. The monoisotopic (exact) mass is 251 g/mol. The maximum Gasteiger partial charge on any atom is 0.327 e. The highest BCUT2D eigenvalue weighted by molar-refractivity contribution is 7.52. The summed E-state index contributed by atoms with van der Waals surface area (Å²) >= 11 is 0. The lowest BCUT2D eigenvalue weighted by atomic mass is 10.2. The second-order valence-corrected chi connectivity index (χ2v) is 5.85. The third kappa shape index (κ3) is 10.1. The van der Waals surface area contributed by atoms with Crippen molar-refractivity contribution in [1.82, 2.24) is 5.32 Å². The molecule has 0 spiro atoms. The molecule has 0 saturated carbocycles. The quantitative estimate of drug-likeness (QED) is 0.504. The van der Waals surface area contributed by atoms with E-state index in [0.29, 0.717) is 6.61 Å². The molecule has 1 amide bonds. The zero-order valence-corrected chi connectivity index (χ0v) is 11.2. The van der Waals surface area contributed by atoms with Crippen LogP contribution >= 0.6 is 7.60 Å². The molecule has 0 aliphatic heterocycles. The Morgan fingerprint density at radius 3 is 2.44 bits per heavy atom. The van der Waals surface area contributed by atoms with Crippen LogP contribution < -0.4 is 5.32 Å². The molecule has 1 N–H and O–H groups in total. The van der Waals surface area contributed by atoms with Crippen molar-refractivity contribution >= 4 is 13.5 Å². The molecule has 0 rings (SSSR count). The lowest BCUT2D eigenvalue weighted by Crippen LogP contribution is -2.20. The highest BCUT2D eigenvalue weighted by atomic mass is 31.2. The molecule has 0 aliphatic carbocycles. The predicted octanol–water partition coefficient (Wildman–Crippen LogP) is 2.17. The molecule has 0 heterocycles. The normalized spacial score (nSPS) is 14.4. The first-order chi connectivity index (χ1) is 7.48. The van der Waals surface area contributed by atoms with Gasteiger partial charge in [-0.3, -0.25) is 9.36 Å². The van der Waals surface area contributed by atoms with Crippen molar-refractivity contribution < 1.29 is 18.4 Å². The molecule has 0 aromatic rings. The first-order valence-electron chi connectivity index (χ1n) is 5.50. The molecule has 0 aromatic heterocycles. The fourth-order valence-corrected chi connectivity index (χ4v) is 1.69. The van der Waals surface area contributed by atoms with Crippen LogP contribution in [0.2, 0.25) is 0 Å². The average molecular weight is 251 g/mol. The predicted molar refractivity (Wildman–Crippen MR) is 63.6 cm³/mol. The Balaban J connectivity index is 3.22. The standard InChI is InChI=1S/C10H22NO4P/c1-10(12)11-8-6-4-5-7-9-15-16(3,13)14-2/h4-9H2,1-3H3,(H,11,12). The van der Waals surface area contributed by atoms with Gasteiger partial charge in [-0.25, -0.2) is 0 Å². The van der Waals surface area contributed by atoms with Crippen LogP contribution in [0.1, 0.15) is 32.6 Å². The first kappa shape index (κ1) is 15.6. The van der Waals surface area contributed by atoms with Crippen molar-refractivity contribution in [3.05, 3.63) is 0 Å². The Morgan fingerprint density at radius 1 is 1.25 bits per heavy atom. The van der Waals surface area contributed by atoms with Crippen molar-refractivity contribution in [3.8, 4) is 0 Å². The fourth-order valence-electron chi connectivity index (χ4n) is 1.13. The van der Waals surface area contributed by atoms with Crippen LogP contribution in [-0.2, 0) is 18.4 Å². The summed E-state index contributed by atoms with van der Waals surface area (Å²) in [7, 11) is -1.42. The van der Waals surface area contributed by atoms with E-state index in [0.717, 1.165) is 32.2 Å². The SMILES string of the molecule is COP(C)(=O)OCCCCCCNC(C)=O. The molecular weight excluding hydrogens is 229 g/mol. The molecule has 0 saturated heterocycles. The van der Waals surface area contributed by atoms with E-state index >= 15 is 0 Å². The summed E-state index contributed by atoms with van der Waals surface area (Å²) in [6.45, 7) is 4.16. The molecule has 0 aliphatic rings. The van der Waals surface area contributed by atoms with Crippen molar-refractivity contribution in [2.75, 3.05) is 26.9 Å². The molecule has 1 unspecified atom stereocenters. The van der Waals surface area contributed by atoms with Crippen molar-refractivity contribution in [3.63, 3.8) is 0 Å². The van der Waals surface area contributed by atoms with Crippen LogP contribution in [-0.4, -0.2) is 32.8 Å². The van der Waals surface area contributed by atoms with E-state index in [1.54, 1.807) is 0 Å². The van der Waals surface area contributed by atoms with E-state index in [4.69, 9.17) is 9.05 Å². The molecule has 96 valence electrons. The summed E-state index contributed by atoms with van der Waals surface area (Å²) < 4.78 is 21.1. The average Bonchev–Trinajstić information content (AvgIpc) is 2.21. The first-order valence-corrected chi connectivity index (χ1v) is 7.49.